The number of furan rings is 1. The molecule has 0 atom stereocenters. The van der Waals surface area contributed by atoms with Gasteiger partial charge >= 0.3 is 0 Å². The van der Waals surface area contributed by atoms with E-state index in [1.807, 2.05) is 91.5 Å². The first-order chi connectivity index (χ1) is 16.0. The zero-order valence-corrected chi connectivity index (χ0v) is 18.8. The standard InChI is InChI=1S/C28H26N2O3/c1-18(2)28(32)30-15-14-25-21(17-30)16-26(33-25)20-10-12-22(13-11-20)29-27(31)24-9-5-7-19-6-3-4-8-23(19)24/h3-13,16,18H,14-15,17H2,1-2H3,(H,29,31). The van der Waals surface area contributed by atoms with E-state index in [2.05, 4.69) is 5.32 Å². The summed E-state index contributed by atoms with van der Waals surface area (Å²) < 4.78 is 6.09. The Morgan fingerprint density at radius 3 is 2.52 bits per heavy atom. The first-order valence-corrected chi connectivity index (χ1v) is 11.3. The largest absolute Gasteiger partial charge is 0.461 e. The molecule has 3 aromatic carbocycles. The lowest BCUT2D eigenvalue weighted by atomic mass is 10.0. The quantitative estimate of drug-likeness (QED) is 0.432. The van der Waals surface area contributed by atoms with Crippen LogP contribution in [-0.4, -0.2) is 23.3 Å². The van der Waals surface area contributed by atoms with E-state index in [4.69, 9.17) is 4.42 Å². The van der Waals surface area contributed by atoms with Gasteiger partial charge in [-0.25, -0.2) is 0 Å². The second kappa shape index (κ2) is 8.58. The van der Waals surface area contributed by atoms with Crippen LogP contribution >= 0.6 is 0 Å². The summed E-state index contributed by atoms with van der Waals surface area (Å²) in [5.41, 5.74) is 3.38. The zero-order valence-electron chi connectivity index (χ0n) is 18.8. The van der Waals surface area contributed by atoms with Crippen LogP contribution in [-0.2, 0) is 17.8 Å². The Balaban J connectivity index is 1.32. The van der Waals surface area contributed by atoms with Crippen molar-refractivity contribution in [3.63, 3.8) is 0 Å². The van der Waals surface area contributed by atoms with Crippen molar-refractivity contribution in [3.8, 4) is 11.3 Å². The van der Waals surface area contributed by atoms with Gasteiger partial charge in [-0.1, -0.05) is 50.2 Å². The van der Waals surface area contributed by atoms with E-state index in [1.54, 1.807) is 0 Å². The lowest BCUT2D eigenvalue weighted by molar-refractivity contribution is -0.135. The fourth-order valence-electron chi connectivity index (χ4n) is 4.37. The Bertz CT molecular complexity index is 1330. The Kier molecular flexibility index (Phi) is 5.47. The smallest absolute Gasteiger partial charge is 0.256 e. The summed E-state index contributed by atoms with van der Waals surface area (Å²) in [4.78, 5) is 27.1. The number of carbonyl (C=O) groups excluding carboxylic acids is 2. The Labute approximate surface area is 193 Å². The number of hydrogen-bond acceptors (Lipinski definition) is 3. The molecule has 0 unspecified atom stereocenters. The predicted molar refractivity (Wildman–Crippen MR) is 130 cm³/mol. The molecule has 1 aliphatic rings. The van der Waals surface area contributed by atoms with E-state index in [0.29, 0.717) is 18.7 Å². The summed E-state index contributed by atoms with van der Waals surface area (Å²) in [5.74, 6) is 1.77. The molecule has 33 heavy (non-hydrogen) atoms. The van der Waals surface area contributed by atoms with Crippen molar-refractivity contribution in [1.82, 2.24) is 4.90 Å². The van der Waals surface area contributed by atoms with Crippen LogP contribution in [0.25, 0.3) is 22.1 Å². The molecular formula is C28H26N2O3. The Morgan fingerprint density at radius 1 is 0.970 bits per heavy atom. The highest BCUT2D eigenvalue weighted by molar-refractivity contribution is 6.12. The number of anilines is 1. The molecule has 1 aromatic heterocycles. The van der Waals surface area contributed by atoms with Gasteiger partial charge in [0.25, 0.3) is 5.91 Å². The van der Waals surface area contributed by atoms with Crippen LogP contribution in [0, 0.1) is 5.92 Å². The number of hydrogen-bond donors (Lipinski definition) is 1. The zero-order chi connectivity index (χ0) is 22.9. The maximum atomic E-state index is 12.9. The van der Waals surface area contributed by atoms with Gasteiger partial charge in [-0.15, -0.1) is 0 Å². The highest BCUT2D eigenvalue weighted by Crippen LogP contribution is 2.31. The number of fused-ring (bicyclic) bond motifs is 2. The first-order valence-electron chi connectivity index (χ1n) is 11.3. The summed E-state index contributed by atoms with van der Waals surface area (Å²) in [5, 5.41) is 4.96. The fraction of sp³-hybridized carbons (Fsp3) is 0.214. The lowest BCUT2D eigenvalue weighted by Gasteiger charge is -2.27. The minimum absolute atomic E-state index is 0.00505. The summed E-state index contributed by atoms with van der Waals surface area (Å²) in [6.45, 7) is 5.14. The predicted octanol–water partition coefficient (Wildman–Crippen LogP) is 5.89. The highest BCUT2D eigenvalue weighted by Gasteiger charge is 2.25. The third-order valence-electron chi connectivity index (χ3n) is 6.13. The number of carbonyl (C=O) groups is 2. The van der Waals surface area contributed by atoms with E-state index >= 15 is 0 Å². The van der Waals surface area contributed by atoms with E-state index in [0.717, 1.165) is 45.5 Å². The van der Waals surface area contributed by atoms with E-state index in [9.17, 15) is 9.59 Å². The monoisotopic (exact) mass is 438 g/mol. The molecule has 5 nitrogen and oxygen atoms in total. The molecule has 1 N–H and O–H groups in total. The van der Waals surface area contributed by atoms with Gasteiger partial charge < -0.3 is 14.6 Å². The van der Waals surface area contributed by atoms with Crippen molar-refractivity contribution < 1.29 is 14.0 Å². The second-order valence-corrected chi connectivity index (χ2v) is 8.78. The van der Waals surface area contributed by atoms with Crippen LogP contribution in [0.3, 0.4) is 0 Å². The molecule has 5 rings (SSSR count). The Morgan fingerprint density at radius 2 is 1.73 bits per heavy atom. The minimum atomic E-state index is -0.136. The molecule has 0 radical (unpaired) electrons. The number of benzene rings is 3. The molecule has 0 spiro atoms. The van der Waals surface area contributed by atoms with Crippen molar-refractivity contribution in [1.29, 1.82) is 0 Å². The fourth-order valence-corrected chi connectivity index (χ4v) is 4.37. The molecule has 2 heterocycles. The highest BCUT2D eigenvalue weighted by atomic mass is 16.3. The molecule has 0 fully saturated rings. The van der Waals surface area contributed by atoms with Gasteiger partial charge in [0.2, 0.25) is 5.91 Å². The third kappa shape index (κ3) is 4.14. The van der Waals surface area contributed by atoms with Crippen LogP contribution in [0.4, 0.5) is 5.69 Å². The van der Waals surface area contributed by atoms with Crippen LogP contribution in [0.2, 0.25) is 0 Å². The molecule has 0 saturated heterocycles. The van der Waals surface area contributed by atoms with Crippen LogP contribution < -0.4 is 5.32 Å². The molecule has 4 aromatic rings. The van der Waals surface area contributed by atoms with E-state index in [-0.39, 0.29) is 17.7 Å². The van der Waals surface area contributed by atoms with Crippen LogP contribution in [0.1, 0.15) is 35.5 Å². The van der Waals surface area contributed by atoms with Crippen molar-refractivity contribution in [2.75, 3.05) is 11.9 Å². The van der Waals surface area contributed by atoms with Gasteiger partial charge in [0, 0.05) is 47.8 Å². The molecule has 0 aliphatic carbocycles. The van der Waals surface area contributed by atoms with Crippen molar-refractivity contribution in [2.24, 2.45) is 5.92 Å². The third-order valence-corrected chi connectivity index (χ3v) is 6.13. The van der Waals surface area contributed by atoms with E-state index < -0.39 is 0 Å². The van der Waals surface area contributed by atoms with E-state index in [1.165, 1.54) is 0 Å². The molecule has 2 amide bonds. The van der Waals surface area contributed by atoms with Crippen molar-refractivity contribution in [3.05, 3.63) is 89.7 Å². The second-order valence-electron chi connectivity index (χ2n) is 8.78. The molecule has 0 bridgehead atoms. The van der Waals surface area contributed by atoms with Crippen molar-refractivity contribution in [2.45, 2.75) is 26.8 Å². The van der Waals surface area contributed by atoms with Gasteiger partial charge in [0.15, 0.2) is 0 Å². The minimum Gasteiger partial charge on any atom is -0.461 e. The summed E-state index contributed by atoms with van der Waals surface area (Å²) >= 11 is 0. The maximum absolute atomic E-state index is 12.9. The average Bonchev–Trinajstić information content (AvgIpc) is 3.27. The molecule has 166 valence electrons. The summed E-state index contributed by atoms with van der Waals surface area (Å²) in [7, 11) is 0. The van der Waals surface area contributed by atoms with Crippen LogP contribution in [0.5, 0.6) is 0 Å². The first kappa shape index (κ1) is 21.0. The van der Waals surface area contributed by atoms with Gasteiger partial charge in [-0.05, 0) is 47.2 Å². The van der Waals surface area contributed by atoms with Gasteiger partial charge in [-0.3, -0.25) is 9.59 Å². The molecule has 5 heteroatoms. The van der Waals surface area contributed by atoms with Gasteiger partial charge in [-0.2, -0.15) is 0 Å². The van der Waals surface area contributed by atoms with Gasteiger partial charge in [0.05, 0.1) is 0 Å². The summed E-state index contributed by atoms with van der Waals surface area (Å²) in [6.07, 6.45) is 0.729. The summed E-state index contributed by atoms with van der Waals surface area (Å²) in [6, 6.07) is 23.3. The topological polar surface area (TPSA) is 62.6 Å². The van der Waals surface area contributed by atoms with Crippen LogP contribution in [0.15, 0.2) is 77.2 Å². The molecule has 0 saturated carbocycles. The normalized spacial score (nSPS) is 13.2. The Hall–Kier alpha value is -3.86. The number of amides is 2. The maximum Gasteiger partial charge on any atom is 0.256 e. The lowest BCUT2D eigenvalue weighted by Crippen LogP contribution is -2.37. The van der Waals surface area contributed by atoms with Crippen molar-refractivity contribution >= 4 is 28.3 Å². The number of nitrogens with one attached hydrogen (secondary N) is 1. The SMILES string of the molecule is CC(C)C(=O)N1CCc2oc(-c3ccc(NC(=O)c4cccc5ccccc45)cc3)cc2C1. The number of nitrogens with zero attached hydrogens (tertiary/aromatic N) is 1. The van der Waals surface area contributed by atoms with Gasteiger partial charge in [0.1, 0.15) is 11.5 Å². The number of rotatable bonds is 4. The molecule has 1 aliphatic heterocycles. The molecular weight excluding hydrogens is 412 g/mol. The average molecular weight is 439 g/mol.